The number of benzene rings is 1. The summed E-state index contributed by atoms with van der Waals surface area (Å²) in [7, 11) is 0. The number of imidazole rings is 1. The Hall–Kier alpha value is -2.40. The van der Waals surface area contributed by atoms with Crippen molar-refractivity contribution in [3.63, 3.8) is 0 Å². The SMILES string of the molecule is C=CCN(CC=C)C(=O)Cn1c(C(C)O)nc2cc(C)c(C)cc21. The van der Waals surface area contributed by atoms with Crippen molar-refractivity contribution < 1.29 is 9.90 Å². The number of aryl methyl sites for hydroxylation is 2. The van der Waals surface area contributed by atoms with Crippen molar-refractivity contribution in [3.05, 3.63) is 54.4 Å². The molecule has 1 atom stereocenters. The molecule has 0 radical (unpaired) electrons. The lowest BCUT2D eigenvalue weighted by Gasteiger charge is -2.21. The molecule has 1 aromatic heterocycles. The van der Waals surface area contributed by atoms with Crippen LogP contribution in [0.5, 0.6) is 0 Å². The summed E-state index contributed by atoms with van der Waals surface area (Å²) in [6.07, 6.45) is 2.63. The number of aromatic nitrogens is 2. The first-order chi connectivity index (χ1) is 11.4. The Balaban J connectivity index is 2.47. The van der Waals surface area contributed by atoms with Gasteiger partial charge in [0.05, 0.1) is 11.0 Å². The van der Waals surface area contributed by atoms with E-state index in [4.69, 9.17) is 0 Å². The fourth-order valence-corrected chi connectivity index (χ4v) is 2.71. The molecule has 5 nitrogen and oxygen atoms in total. The second-order valence-corrected chi connectivity index (χ2v) is 6.03. The predicted octanol–water partition coefficient (Wildman–Crippen LogP) is 2.91. The molecule has 5 heteroatoms. The third-order valence-corrected chi connectivity index (χ3v) is 4.11. The number of amides is 1. The third-order valence-electron chi connectivity index (χ3n) is 4.11. The number of hydrogen-bond donors (Lipinski definition) is 1. The summed E-state index contributed by atoms with van der Waals surface area (Å²) >= 11 is 0. The van der Waals surface area contributed by atoms with E-state index in [1.807, 2.05) is 26.0 Å². The van der Waals surface area contributed by atoms with E-state index in [-0.39, 0.29) is 12.5 Å². The van der Waals surface area contributed by atoms with E-state index in [0.29, 0.717) is 18.9 Å². The normalized spacial score (nSPS) is 12.2. The zero-order valence-corrected chi connectivity index (χ0v) is 14.6. The van der Waals surface area contributed by atoms with Gasteiger partial charge in [0.15, 0.2) is 0 Å². The maximum absolute atomic E-state index is 12.7. The van der Waals surface area contributed by atoms with Crippen LogP contribution in [0.1, 0.15) is 30.0 Å². The fourth-order valence-electron chi connectivity index (χ4n) is 2.71. The van der Waals surface area contributed by atoms with Gasteiger partial charge in [0.1, 0.15) is 18.5 Å². The Morgan fingerprint density at radius 1 is 1.29 bits per heavy atom. The number of rotatable bonds is 7. The van der Waals surface area contributed by atoms with Crippen LogP contribution in [0.2, 0.25) is 0 Å². The Bertz CT molecular complexity index is 765. The van der Waals surface area contributed by atoms with Gasteiger partial charge in [-0.15, -0.1) is 13.2 Å². The summed E-state index contributed by atoms with van der Waals surface area (Å²) in [6, 6.07) is 4.00. The minimum absolute atomic E-state index is 0.0609. The minimum Gasteiger partial charge on any atom is -0.385 e. The van der Waals surface area contributed by atoms with Crippen molar-refractivity contribution in [1.29, 1.82) is 0 Å². The first-order valence-corrected chi connectivity index (χ1v) is 8.04. The summed E-state index contributed by atoms with van der Waals surface area (Å²) in [6.45, 7) is 14.1. The molecule has 24 heavy (non-hydrogen) atoms. The smallest absolute Gasteiger partial charge is 0.243 e. The van der Waals surface area contributed by atoms with E-state index in [2.05, 4.69) is 18.1 Å². The average Bonchev–Trinajstić information content (AvgIpc) is 2.85. The molecule has 1 unspecified atom stereocenters. The van der Waals surface area contributed by atoms with Gasteiger partial charge in [0.25, 0.3) is 0 Å². The van der Waals surface area contributed by atoms with Crippen LogP contribution in [0, 0.1) is 13.8 Å². The van der Waals surface area contributed by atoms with Crippen molar-refractivity contribution in [2.45, 2.75) is 33.4 Å². The van der Waals surface area contributed by atoms with E-state index < -0.39 is 6.10 Å². The van der Waals surface area contributed by atoms with Crippen molar-refractivity contribution in [2.24, 2.45) is 0 Å². The number of aliphatic hydroxyl groups is 1. The summed E-state index contributed by atoms with van der Waals surface area (Å²) in [5, 5.41) is 10.1. The molecule has 1 N–H and O–H groups in total. The number of aliphatic hydroxyl groups excluding tert-OH is 1. The zero-order chi connectivity index (χ0) is 17.9. The molecule has 0 saturated carbocycles. The van der Waals surface area contributed by atoms with Crippen molar-refractivity contribution in [3.8, 4) is 0 Å². The monoisotopic (exact) mass is 327 g/mol. The standard InChI is InChI=1S/C19H25N3O2/c1-6-8-21(9-7-2)18(24)12-22-17-11-14(4)13(3)10-16(17)20-19(22)15(5)23/h6-7,10-11,15,23H,1-2,8-9,12H2,3-5H3. The van der Waals surface area contributed by atoms with Crippen LogP contribution in [-0.2, 0) is 11.3 Å². The molecule has 128 valence electrons. The zero-order valence-electron chi connectivity index (χ0n) is 14.6. The lowest BCUT2D eigenvalue weighted by atomic mass is 10.1. The number of nitrogens with zero attached hydrogens (tertiary/aromatic N) is 3. The fraction of sp³-hybridized carbons (Fsp3) is 0.368. The van der Waals surface area contributed by atoms with Gasteiger partial charge < -0.3 is 14.6 Å². The second kappa shape index (κ2) is 7.45. The third kappa shape index (κ3) is 3.57. The number of fused-ring (bicyclic) bond motifs is 1. The minimum atomic E-state index is -0.752. The first-order valence-electron chi connectivity index (χ1n) is 8.04. The van der Waals surface area contributed by atoms with Crippen molar-refractivity contribution in [1.82, 2.24) is 14.5 Å². The Labute approximate surface area is 142 Å². The van der Waals surface area contributed by atoms with Gasteiger partial charge in [-0.25, -0.2) is 4.98 Å². The Kier molecular flexibility index (Phi) is 5.57. The highest BCUT2D eigenvalue weighted by atomic mass is 16.3. The van der Waals surface area contributed by atoms with Crippen LogP contribution < -0.4 is 0 Å². The molecule has 2 aromatic rings. The molecule has 0 spiro atoms. The predicted molar refractivity (Wildman–Crippen MR) is 96.8 cm³/mol. The Morgan fingerprint density at radius 2 is 1.88 bits per heavy atom. The summed E-state index contributed by atoms with van der Waals surface area (Å²) in [5.41, 5.74) is 3.91. The molecule has 0 aliphatic rings. The lowest BCUT2D eigenvalue weighted by molar-refractivity contribution is -0.130. The average molecular weight is 327 g/mol. The van der Waals surface area contributed by atoms with Crippen LogP contribution >= 0.6 is 0 Å². The second-order valence-electron chi connectivity index (χ2n) is 6.03. The highest BCUT2D eigenvalue weighted by Crippen LogP contribution is 2.24. The molecular weight excluding hydrogens is 302 g/mol. The molecule has 0 saturated heterocycles. The molecular formula is C19H25N3O2. The number of carbonyl (C=O) groups is 1. The number of carbonyl (C=O) groups excluding carboxylic acids is 1. The van der Waals surface area contributed by atoms with E-state index in [1.165, 1.54) is 0 Å². The molecule has 0 aliphatic heterocycles. The number of hydrogen-bond acceptors (Lipinski definition) is 3. The van der Waals surface area contributed by atoms with Crippen LogP contribution in [0.3, 0.4) is 0 Å². The van der Waals surface area contributed by atoms with E-state index in [9.17, 15) is 9.90 Å². The van der Waals surface area contributed by atoms with Gasteiger partial charge in [-0.3, -0.25) is 4.79 Å². The summed E-state index contributed by atoms with van der Waals surface area (Å²) < 4.78 is 1.80. The molecule has 1 heterocycles. The highest BCUT2D eigenvalue weighted by molar-refractivity contribution is 5.82. The van der Waals surface area contributed by atoms with Crippen LogP contribution in [0.25, 0.3) is 11.0 Å². The summed E-state index contributed by atoms with van der Waals surface area (Å²) in [5.74, 6) is 0.440. The first kappa shape index (κ1) is 17.9. The van der Waals surface area contributed by atoms with Crippen LogP contribution in [0.15, 0.2) is 37.4 Å². The topological polar surface area (TPSA) is 58.4 Å². The maximum Gasteiger partial charge on any atom is 0.243 e. The van der Waals surface area contributed by atoms with Crippen molar-refractivity contribution >= 4 is 16.9 Å². The van der Waals surface area contributed by atoms with Crippen molar-refractivity contribution in [2.75, 3.05) is 13.1 Å². The van der Waals surface area contributed by atoms with Gasteiger partial charge in [0, 0.05) is 13.1 Å². The molecule has 0 aliphatic carbocycles. The molecule has 1 aromatic carbocycles. The molecule has 0 bridgehead atoms. The van der Waals surface area contributed by atoms with E-state index >= 15 is 0 Å². The lowest BCUT2D eigenvalue weighted by Crippen LogP contribution is -2.34. The quantitative estimate of drug-likeness (QED) is 0.796. The molecule has 1 amide bonds. The largest absolute Gasteiger partial charge is 0.385 e. The van der Waals surface area contributed by atoms with Crippen LogP contribution in [-0.4, -0.2) is 38.6 Å². The highest BCUT2D eigenvalue weighted by Gasteiger charge is 2.20. The summed E-state index contributed by atoms with van der Waals surface area (Å²) in [4.78, 5) is 18.8. The van der Waals surface area contributed by atoms with Gasteiger partial charge in [-0.1, -0.05) is 12.2 Å². The van der Waals surface area contributed by atoms with Crippen LogP contribution in [0.4, 0.5) is 0 Å². The van der Waals surface area contributed by atoms with Gasteiger partial charge >= 0.3 is 0 Å². The Morgan fingerprint density at radius 3 is 2.42 bits per heavy atom. The van der Waals surface area contributed by atoms with Gasteiger partial charge in [-0.2, -0.15) is 0 Å². The van der Waals surface area contributed by atoms with Gasteiger partial charge in [-0.05, 0) is 44.0 Å². The van der Waals surface area contributed by atoms with E-state index in [0.717, 1.165) is 22.2 Å². The molecule has 2 rings (SSSR count). The maximum atomic E-state index is 12.7. The molecule has 0 fully saturated rings. The van der Waals surface area contributed by atoms with Gasteiger partial charge in [0.2, 0.25) is 5.91 Å². The van der Waals surface area contributed by atoms with E-state index in [1.54, 1.807) is 28.5 Å².